The number of hydrogen-bond acceptors (Lipinski definition) is 4. The number of carbonyl (C=O) groups excluding carboxylic acids is 2. The molecule has 1 N–H and O–H groups in total. The summed E-state index contributed by atoms with van der Waals surface area (Å²) in [5, 5.41) is 4.75. The van der Waals surface area contributed by atoms with Gasteiger partial charge in [0, 0.05) is 22.0 Å². The van der Waals surface area contributed by atoms with Crippen molar-refractivity contribution in [2.75, 3.05) is 5.32 Å². The molecule has 0 aliphatic heterocycles. The summed E-state index contributed by atoms with van der Waals surface area (Å²) in [7, 11) is 0. The third kappa shape index (κ3) is 3.47. The topological polar surface area (TPSA) is 68.5 Å². The zero-order valence-electron chi connectivity index (χ0n) is 15.6. The van der Waals surface area contributed by atoms with Gasteiger partial charge in [-0.2, -0.15) is 0 Å². The minimum absolute atomic E-state index is 0.0169. The number of ketones is 1. The van der Waals surface area contributed by atoms with Crippen molar-refractivity contribution >= 4 is 39.3 Å². The average Bonchev–Trinajstić information content (AvgIpc) is 3.06. The fourth-order valence-corrected chi connectivity index (χ4v) is 3.07. The maximum atomic E-state index is 12.4. The Labute approximate surface area is 161 Å². The number of carbonyl (C=O) groups is 2. The number of anilines is 1. The molecule has 0 saturated heterocycles. The number of furan rings is 1. The van der Waals surface area contributed by atoms with Crippen LogP contribution < -0.4 is 10.1 Å². The van der Waals surface area contributed by atoms with Crippen molar-refractivity contribution in [1.82, 2.24) is 0 Å². The molecule has 0 saturated carbocycles. The van der Waals surface area contributed by atoms with Gasteiger partial charge in [-0.3, -0.25) is 9.59 Å². The number of rotatable bonds is 5. The highest BCUT2D eigenvalue weighted by Gasteiger charge is 2.16. The second kappa shape index (κ2) is 7.19. The number of hydrogen-bond donors (Lipinski definition) is 1. The molecule has 0 unspecified atom stereocenters. The molecule has 140 valence electrons. The quantitative estimate of drug-likeness (QED) is 0.489. The molecule has 0 aliphatic rings. The Morgan fingerprint density at radius 1 is 0.929 bits per heavy atom. The van der Waals surface area contributed by atoms with Crippen LogP contribution in [0, 0.1) is 0 Å². The molecular weight excluding hydrogens is 354 g/mol. The first-order chi connectivity index (χ1) is 13.5. The predicted molar refractivity (Wildman–Crippen MR) is 109 cm³/mol. The lowest BCUT2D eigenvalue weighted by molar-refractivity contribution is -0.122. The number of para-hydroxylation sites is 1. The lowest BCUT2D eigenvalue weighted by Gasteiger charge is -2.15. The molecule has 1 heterocycles. The van der Waals surface area contributed by atoms with Gasteiger partial charge in [0.25, 0.3) is 5.91 Å². The third-order valence-electron chi connectivity index (χ3n) is 4.59. The van der Waals surface area contributed by atoms with Gasteiger partial charge in [-0.15, -0.1) is 0 Å². The lowest BCUT2D eigenvalue weighted by atomic mass is 10.1. The number of fused-ring (bicyclic) bond motifs is 3. The highest BCUT2D eigenvalue weighted by atomic mass is 16.5. The summed E-state index contributed by atoms with van der Waals surface area (Å²) < 4.78 is 11.6. The average molecular weight is 373 g/mol. The van der Waals surface area contributed by atoms with E-state index < -0.39 is 6.10 Å². The fraction of sp³-hybridized carbons (Fsp3) is 0.130. The van der Waals surface area contributed by atoms with E-state index in [0.717, 1.165) is 21.9 Å². The van der Waals surface area contributed by atoms with Crippen LogP contribution in [0.2, 0.25) is 0 Å². The van der Waals surface area contributed by atoms with Gasteiger partial charge in [0.2, 0.25) is 0 Å². The molecule has 0 radical (unpaired) electrons. The van der Waals surface area contributed by atoms with E-state index >= 15 is 0 Å². The molecule has 0 spiro atoms. The van der Waals surface area contributed by atoms with E-state index in [9.17, 15) is 9.59 Å². The Bertz CT molecular complexity index is 1170. The second-order valence-corrected chi connectivity index (χ2v) is 6.64. The molecule has 0 bridgehead atoms. The van der Waals surface area contributed by atoms with Gasteiger partial charge in [0.1, 0.15) is 16.9 Å². The van der Waals surface area contributed by atoms with Crippen LogP contribution in [0.25, 0.3) is 21.9 Å². The first-order valence-corrected chi connectivity index (χ1v) is 9.01. The van der Waals surface area contributed by atoms with Crippen LogP contribution in [-0.4, -0.2) is 17.8 Å². The number of ether oxygens (including phenoxy) is 1. The first kappa shape index (κ1) is 17.8. The highest BCUT2D eigenvalue weighted by molar-refractivity contribution is 6.05. The number of benzene rings is 3. The third-order valence-corrected chi connectivity index (χ3v) is 4.59. The van der Waals surface area contributed by atoms with Gasteiger partial charge < -0.3 is 14.5 Å². The van der Waals surface area contributed by atoms with E-state index in [0.29, 0.717) is 17.0 Å². The molecule has 1 amide bonds. The molecule has 4 rings (SSSR count). The van der Waals surface area contributed by atoms with Gasteiger partial charge in [0.05, 0.1) is 0 Å². The molecule has 28 heavy (non-hydrogen) atoms. The molecule has 5 heteroatoms. The van der Waals surface area contributed by atoms with Gasteiger partial charge in [-0.05, 0) is 62.4 Å². The molecular formula is C23H19NO4. The summed E-state index contributed by atoms with van der Waals surface area (Å²) in [6.07, 6.45) is -0.692. The Morgan fingerprint density at radius 2 is 1.64 bits per heavy atom. The Morgan fingerprint density at radius 3 is 2.39 bits per heavy atom. The maximum absolute atomic E-state index is 12.4. The normalized spacial score (nSPS) is 12.1. The van der Waals surface area contributed by atoms with Crippen molar-refractivity contribution in [1.29, 1.82) is 0 Å². The highest BCUT2D eigenvalue weighted by Crippen LogP contribution is 2.31. The molecule has 4 aromatic rings. The van der Waals surface area contributed by atoms with Crippen LogP contribution in [0.1, 0.15) is 24.2 Å². The minimum Gasteiger partial charge on any atom is -0.481 e. The van der Waals surface area contributed by atoms with Crippen LogP contribution in [0.3, 0.4) is 0 Å². The molecule has 1 atom stereocenters. The second-order valence-electron chi connectivity index (χ2n) is 6.64. The standard InChI is InChI=1S/C23H19NO4/c1-14(25)16-7-9-17(10-8-16)24-23(26)15(2)27-18-11-12-22-20(13-18)19-5-3-4-6-21(19)28-22/h3-13,15H,1-2H3,(H,24,26)/t15-/m0/s1. The zero-order chi connectivity index (χ0) is 19.7. The van der Waals surface area contributed by atoms with Crippen LogP contribution >= 0.6 is 0 Å². The predicted octanol–water partition coefficient (Wildman–Crippen LogP) is 5.19. The van der Waals surface area contributed by atoms with Crippen molar-refractivity contribution in [3.63, 3.8) is 0 Å². The Balaban J connectivity index is 1.49. The zero-order valence-corrected chi connectivity index (χ0v) is 15.6. The summed E-state index contributed by atoms with van der Waals surface area (Å²) in [4.78, 5) is 23.8. The van der Waals surface area contributed by atoms with Gasteiger partial charge >= 0.3 is 0 Å². The van der Waals surface area contributed by atoms with Crippen LogP contribution in [0.4, 0.5) is 5.69 Å². The Kier molecular flexibility index (Phi) is 4.57. The van der Waals surface area contributed by atoms with Crippen molar-refractivity contribution in [2.45, 2.75) is 20.0 Å². The lowest BCUT2D eigenvalue weighted by Crippen LogP contribution is -2.30. The van der Waals surface area contributed by atoms with Crippen molar-refractivity contribution in [2.24, 2.45) is 0 Å². The SMILES string of the molecule is CC(=O)c1ccc(NC(=O)[C@H](C)Oc2ccc3oc4ccccc4c3c2)cc1. The van der Waals surface area contributed by atoms with Crippen LogP contribution in [-0.2, 0) is 4.79 Å². The van der Waals surface area contributed by atoms with E-state index in [-0.39, 0.29) is 11.7 Å². The summed E-state index contributed by atoms with van der Waals surface area (Å²) >= 11 is 0. The summed E-state index contributed by atoms with van der Waals surface area (Å²) in [6, 6.07) is 20.1. The van der Waals surface area contributed by atoms with Gasteiger partial charge in [-0.1, -0.05) is 18.2 Å². The summed E-state index contributed by atoms with van der Waals surface area (Å²) in [5.74, 6) is 0.304. The molecule has 0 fully saturated rings. The van der Waals surface area contributed by atoms with Crippen molar-refractivity contribution in [3.05, 3.63) is 72.3 Å². The monoisotopic (exact) mass is 373 g/mol. The number of nitrogens with one attached hydrogen (secondary N) is 1. The molecule has 0 aliphatic carbocycles. The van der Waals surface area contributed by atoms with Gasteiger partial charge in [0.15, 0.2) is 11.9 Å². The van der Waals surface area contributed by atoms with Gasteiger partial charge in [-0.25, -0.2) is 0 Å². The van der Waals surface area contributed by atoms with E-state index in [1.807, 2.05) is 36.4 Å². The van der Waals surface area contributed by atoms with E-state index in [4.69, 9.17) is 9.15 Å². The summed E-state index contributed by atoms with van der Waals surface area (Å²) in [5.41, 5.74) is 2.80. The smallest absolute Gasteiger partial charge is 0.265 e. The fourth-order valence-electron chi connectivity index (χ4n) is 3.07. The first-order valence-electron chi connectivity index (χ1n) is 9.01. The molecule has 3 aromatic carbocycles. The van der Waals surface area contributed by atoms with Crippen molar-refractivity contribution < 1.29 is 18.7 Å². The van der Waals surface area contributed by atoms with Crippen molar-refractivity contribution in [3.8, 4) is 5.75 Å². The van der Waals surface area contributed by atoms with E-state index in [1.54, 1.807) is 37.3 Å². The maximum Gasteiger partial charge on any atom is 0.265 e. The van der Waals surface area contributed by atoms with E-state index in [2.05, 4.69) is 5.32 Å². The molecule has 5 nitrogen and oxygen atoms in total. The number of amides is 1. The number of Topliss-reactive ketones (excluding diaryl/α,β-unsaturated/α-hetero) is 1. The molecule has 1 aromatic heterocycles. The summed E-state index contributed by atoms with van der Waals surface area (Å²) in [6.45, 7) is 3.19. The largest absolute Gasteiger partial charge is 0.481 e. The Hall–Kier alpha value is -3.60. The van der Waals surface area contributed by atoms with Crippen LogP contribution in [0.5, 0.6) is 5.75 Å². The van der Waals surface area contributed by atoms with Crippen LogP contribution in [0.15, 0.2) is 71.1 Å². The van der Waals surface area contributed by atoms with E-state index in [1.165, 1.54) is 6.92 Å². The minimum atomic E-state index is -0.692.